The Labute approximate surface area is 259 Å². The van der Waals surface area contributed by atoms with Crippen LogP contribution in [0.2, 0.25) is 0 Å². The Morgan fingerprint density at radius 2 is 1.66 bits per heavy atom. The van der Waals surface area contributed by atoms with Crippen LogP contribution in [-0.2, 0) is 27.9 Å². The zero-order valence-electron chi connectivity index (χ0n) is 28.4. The molecule has 1 aliphatic heterocycles. The van der Waals surface area contributed by atoms with E-state index in [2.05, 4.69) is 57.7 Å². The van der Waals surface area contributed by atoms with Crippen molar-refractivity contribution in [3.8, 4) is 0 Å². The third-order valence-electron chi connectivity index (χ3n) is 4.89. The molecule has 1 saturated heterocycles. The molecule has 0 saturated carbocycles. The standard InChI is InChI=1S/C28H48NO7P.Na/c1-4-5-6-7-8-9-10-11-12-13-14-15-16-17-18-19-20-21-27(30)29-22-23-34-37(31,32)35-25-26-24-33-28(2,3)36-26;/h8-9,11-12,14-15,17-18,26H,4-7,10,13,16,19-25H2,1-3H3,(H,29,30)(H,31,32);/q;+1/p-1/b9-8-,12-11-,15-14-,18-17-;/i24D2,25D2,26D;. The predicted molar refractivity (Wildman–Crippen MR) is 146 cm³/mol. The molecule has 0 aromatic rings. The van der Waals surface area contributed by atoms with Crippen LogP contribution in [0.15, 0.2) is 48.6 Å². The second-order valence-electron chi connectivity index (χ2n) is 8.84. The van der Waals surface area contributed by atoms with E-state index in [9.17, 15) is 14.3 Å². The maximum Gasteiger partial charge on any atom is 1.00 e. The number of phosphoric ester groups is 1. The minimum absolute atomic E-state index is 0. The molecule has 1 aliphatic rings. The Bertz CT molecular complexity index is 995. The van der Waals surface area contributed by atoms with Gasteiger partial charge >= 0.3 is 29.6 Å². The normalized spacial score (nSPS) is 24.6. The zero-order valence-corrected chi connectivity index (χ0v) is 26.3. The summed E-state index contributed by atoms with van der Waals surface area (Å²) in [7, 11) is -5.34. The van der Waals surface area contributed by atoms with E-state index in [-0.39, 0.29) is 48.4 Å². The van der Waals surface area contributed by atoms with Crippen LogP contribution in [0.4, 0.5) is 0 Å². The molecule has 212 valence electrons. The SMILES string of the molecule is [2H]C1([2H])OC(C)(C)OC1([2H])C([2H])([2H])OP(=O)([O-])OCCNC(=O)CCC/C=C\C/C=C\C/C=C\C/C=C\CCCCC.[Na+]. The molecule has 0 aromatic heterocycles. The number of carbonyl (C=O) groups excluding carboxylic acids is 1. The summed E-state index contributed by atoms with van der Waals surface area (Å²) in [5.74, 6) is -2.00. The first-order valence-corrected chi connectivity index (χ1v) is 14.5. The second-order valence-corrected chi connectivity index (χ2v) is 10.2. The fourth-order valence-electron chi connectivity index (χ4n) is 3.00. The molecule has 0 bridgehead atoms. The molecule has 38 heavy (non-hydrogen) atoms. The van der Waals surface area contributed by atoms with Gasteiger partial charge in [0, 0.05) is 13.0 Å². The number of nitrogens with one attached hydrogen (secondary N) is 1. The molecule has 10 heteroatoms. The van der Waals surface area contributed by atoms with Gasteiger partial charge in [-0.3, -0.25) is 9.36 Å². The van der Waals surface area contributed by atoms with Gasteiger partial charge < -0.3 is 28.7 Å². The summed E-state index contributed by atoms with van der Waals surface area (Å²) < 4.78 is 70.3. The number of hydrogen-bond donors (Lipinski definition) is 1. The van der Waals surface area contributed by atoms with E-state index >= 15 is 0 Å². The molecule has 1 amide bonds. The quantitative estimate of drug-likeness (QED) is 0.0983. The van der Waals surface area contributed by atoms with E-state index in [0.717, 1.165) is 25.7 Å². The van der Waals surface area contributed by atoms with Crippen LogP contribution in [0.25, 0.3) is 0 Å². The first-order valence-electron chi connectivity index (χ1n) is 15.5. The fraction of sp³-hybridized carbons (Fsp3) is 0.679. The molecular weight excluding hydrogens is 516 g/mol. The summed E-state index contributed by atoms with van der Waals surface area (Å²) in [6, 6.07) is 0. The first-order chi connectivity index (χ1) is 19.6. The molecule has 0 radical (unpaired) electrons. The maximum atomic E-state index is 12.1. The van der Waals surface area contributed by atoms with Crippen molar-refractivity contribution in [3.05, 3.63) is 48.6 Å². The van der Waals surface area contributed by atoms with Gasteiger partial charge in [0.25, 0.3) is 7.82 Å². The summed E-state index contributed by atoms with van der Waals surface area (Å²) in [6.45, 7) is -2.53. The Hall–Kier alpha value is -0.540. The van der Waals surface area contributed by atoms with Gasteiger partial charge in [-0.15, -0.1) is 0 Å². The van der Waals surface area contributed by atoms with Crippen LogP contribution in [0.3, 0.4) is 0 Å². The summed E-state index contributed by atoms with van der Waals surface area (Å²) in [5, 5.41) is 2.50. The molecule has 0 aromatic carbocycles. The Kier molecular flexibility index (Phi) is 17.7. The van der Waals surface area contributed by atoms with E-state index in [1.54, 1.807) is 0 Å². The molecule has 8 nitrogen and oxygen atoms in total. The van der Waals surface area contributed by atoms with E-state index in [0.29, 0.717) is 12.8 Å². The fourth-order valence-corrected chi connectivity index (χ4v) is 3.56. The number of ether oxygens (including phenoxy) is 2. The van der Waals surface area contributed by atoms with Crippen LogP contribution in [-0.4, -0.2) is 44.0 Å². The van der Waals surface area contributed by atoms with E-state index in [4.69, 9.17) is 16.3 Å². The topological polar surface area (TPSA) is 106 Å². The summed E-state index contributed by atoms with van der Waals surface area (Å²) in [4.78, 5) is 24.1. The number of unbranched alkanes of at least 4 members (excludes halogenated alkanes) is 4. The summed E-state index contributed by atoms with van der Waals surface area (Å²) >= 11 is 0. The van der Waals surface area contributed by atoms with Crippen molar-refractivity contribution in [2.24, 2.45) is 0 Å². The molecular formula is C28H47NNaO7P. The minimum atomic E-state index is -5.34. The minimum Gasteiger partial charge on any atom is -0.756 e. The molecule has 0 spiro atoms. The number of rotatable bonds is 21. The largest absolute Gasteiger partial charge is 1.00 e. The van der Waals surface area contributed by atoms with Crippen LogP contribution in [0.1, 0.15) is 91.8 Å². The van der Waals surface area contributed by atoms with Gasteiger partial charge in [0.1, 0.15) is 6.08 Å². The third kappa shape index (κ3) is 22.3. The molecule has 1 heterocycles. The average Bonchev–Trinajstić information content (AvgIpc) is 3.05. The number of hydrogen-bond acceptors (Lipinski definition) is 7. The molecule has 0 aliphatic carbocycles. The van der Waals surface area contributed by atoms with Crippen molar-refractivity contribution in [2.75, 3.05) is 26.3 Å². The summed E-state index contributed by atoms with van der Waals surface area (Å²) in [5.41, 5.74) is 0. The van der Waals surface area contributed by atoms with Crippen molar-refractivity contribution >= 4 is 13.7 Å². The van der Waals surface area contributed by atoms with Gasteiger partial charge in [0.05, 0.1) is 26.6 Å². The zero-order chi connectivity index (χ0) is 31.8. The molecule has 2 unspecified atom stereocenters. The first kappa shape index (κ1) is 29.0. The number of amides is 1. The molecule has 1 N–H and O–H groups in total. The van der Waals surface area contributed by atoms with E-state index in [1.807, 2.05) is 12.2 Å². The van der Waals surface area contributed by atoms with Crippen molar-refractivity contribution in [2.45, 2.75) is 96.8 Å². The van der Waals surface area contributed by atoms with Gasteiger partial charge in [-0.2, -0.15) is 0 Å². The van der Waals surface area contributed by atoms with Crippen molar-refractivity contribution in [1.82, 2.24) is 5.32 Å². The van der Waals surface area contributed by atoms with Crippen LogP contribution in [0.5, 0.6) is 0 Å². The maximum absolute atomic E-state index is 12.1. The van der Waals surface area contributed by atoms with Crippen LogP contribution < -0.4 is 39.8 Å². The number of allylic oxidation sites excluding steroid dienone is 8. The van der Waals surface area contributed by atoms with Crippen LogP contribution >= 0.6 is 7.82 Å². The molecule has 1 fully saturated rings. The van der Waals surface area contributed by atoms with Crippen LogP contribution in [0, 0.1) is 0 Å². The monoisotopic (exact) mass is 568 g/mol. The average molecular weight is 569 g/mol. The van der Waals surface area contributed by atoms with Crippen molar-refractivity contribution < 1.29 is 69.2 Å². The second kappa shape index (κ2) is 23.2. The van der Waals surface area contributed by atoms with Gasteiger partial charge in [-0.1, -0.05) is 68.4 Å². The number of phosphoric acid groups is 1. The van der Waals surface area contributed by atoms with Crippen molar-refractivity contribution in [3.63, 3.8) is 0 Å². The Morgan fingerprint density at radius 1 is 1.08 bits per heavy atom. The van der Waals surface area contributed by atoms with E-state index < -0.39 is 39.4 Å². The third-order valence-corrected chi connectivity index (χ3v) is 5.71. The van der Waals surface area contributed by atoms with Gasteiger partial charge in [-0.25, -0.2) is 0 Å². The van der Waals surface area contributed by atoms with Crippen molar-refractivity contribution in [1.29, 1.82) is 0 Å². The summed E-state index contributed by atoms with van der Waals surface area (Å²) in [6.07, 6.45) is 23.0. The molecule has 1 rings (SSSR count). The Balaban J connectivity index is 0.0000176. The smallest absolute Gasteiger partial charge is 0.756 e. The predicted octanol–water partition coefficient (Wildman–Crippen LogP) is 2.91. The Morgan fingerprint density at radius 3 is 2.21 bits per heavy atom. The number of carbonyl (C=O) groups is 1. The molecule has 2 atom stereocenters. The van der Waals surface area contributed by atoms with Gasteiger partial charge in [0.15, 0.2) is 5.79 Å². The van der Waals surface area contributed by atoms with E-state index in [1.165, 1.54) is 33.1 Å². The van der Waals surface area contributed by atoms with Gasteiger partial charge in [0.2, 0.25) is 5.91 Å². The van der Waals surface area contributed by atoms with Gasteiger partial charge in [-0.05, 0) is 58.8 Å².